The second kappa shape index (κ2) is 8.52. The third-order valence-corrected chi connectivity index (χ3v) is 3.78. The molecule has 0 unspecified atom stereocenters. The van der Waals surface area contributed by atoms with Crippen molar-refractivity contribution in [3.8, 4) is 0 Å². The van der Waals surface area contributed by atoms with Gasteiger partial charge in [-0.1, -0.05) is 36.4 Å². The first-order valence-corrected chi connectivity index (χ1v) is 7.82. The molecule has 8 heteroatoms. The van der Waals surface area contributed by atoms with Gasteiger partial charge in [0.1, 0.15) is 5.69 Å². The van der Waals surface area contributed by atoms with Crippen LogP contribution in [0, 0.1) is 20.2 Å². The second-order valence-electron chi connectivity index (χ2n) is 5.63. The minimum Gasteiger partial charge on any atom is -0.272 e. The predicted octanol–water partition coefficient (Wildman–Crippen LogP) is 4.65. The van der Waals surface area contributed by atoms with Crippen LogP contribution in [0.4, 0.5) is 17.1 Å². The van der Waals surface area contributed by atoms with E-state index in [9.17, 15) is 20.2 Å². The number of benzene rings is 2. The van der Waals surface area contributed by atoms with Gasteiger partial charge >= 0.3 is 5.69 Å². The number of hydrazone groups is 1. The maximum Gasteiger partial charge on any atom is 0.301 e. The van der Waals surface area contributed by atoms with Crippen LogP contribution in [0.1, 0.15) is 24.8 Å². The molecular formula is C18H18N4O4. The summed E-state index contributed by atoms with van der Waals surface area (Å²) in [6.45, 7) is 5.64. The Morgan fingerprint density at radius 1 is 1.19 bits per heavy atom. The van der Waals surface area contributed by atoms with Crippen LogP contribution in [0.15, 0.2) is 66.3 Å². The molecule has 2 rings (SSSR count). The molecule has 134 valence electrons. The van der Waals surface area contributed by atoms with Crippen molar-refractivity contribution in [2.45, 2.75) is 19.3 Å². The minimum absolute atomic E-state index is 0.0635. The van der Waals surface area contributed by atoms with Gasteiger partial charge in [-0.15, -0.1) is 6.58 Å². The lowest BCUT2D eigenvalue weighted by atomic mass is 9.94. The number of hydrogen-bond donors (Lipinski definition) is 1. The molecule has 1 atom stereocenters. The van der Waals surface area contributed by atoms with Crippen LogP contribution in [-0.4, -0.2) is 15.6 Å². The lowest BCUT2D eigenvalue weighted by Crippen LogP contribution is -2.05. The normalized spacial score (nSPS) is 12.3. The Labute approximate surface area is 150 Å². The number of rotatable bonds is 8. The van der Waals surface area contributed by atoms with E-state index in [1.165, 1.54) is 12.1 Å². The van der Waals surface area contributed by atoms with Gasteiger partial charge in [0.15, 0.2) is 0 Å². The number of nitro benzene ring substituents is 2. The second-order valence-corrected chi connectivity index (χ2v) is 5.63. The molecule has 2 aromatic carbocycles. The molecule has 0 amide bonds. The van der Waals surface area contributed by atoms with E-state index < -0.39 is 15.5 Å². The van der Waals surface area contributed by atoms with E-state index in [0.717, 1.165) is 11.6 Å². The average molecular weight is 354 g/mol. The fourth-order valence-corrected chi connectivity index (χ4v) is 2.44. The van der Waals surface area contributed by atoms with Crippen molar-refractivity contribution in [2.75, 3.05) is 5.43 Å². The summed E-state index contributed by atoms with van der Waals surface area (Å²) in [6.07, 6.45) is 2.41. The highest BCUT2D eigenvalue weighted by Crippen LogP contribution is 2.29. The number of anilines is 1. The fraction of sp³-hybridized carbons (Fsp3) is 0.167. The molecule has 0 fully saturated rings. The maximum atomic E-state index is 11.1. The Morgan fingerprint density at radius 2 is 1.88 bits per heavy atom. The van der Waals surface area contributed by atoms with Crippen molar-refractivity contribution in [1.29, 1.82) is 0 Å². The summed E-state index contributed by atoms with van der Waals surface area (Å²) in [5, 5.41) is 26.1. The van der Waals surface area contributed by atoms with Gasteiger partial charge in [0.05, 0.1) is 15.9 Å². The summed E-state index contributed by atoms with van der Waals surface area (Å²) in [5.74, 6) is 0.0635. The van der Waals surface area contributed by atoms with Crippen LogP contribution in [-0.2, 0) is 0 Å². The van der Waals surface area contributed by atoms with Gasteiger partial charge in [0.2, 0.25) is 0 Å². The number of nitro groups is 2. The van der Waals surface area contributed by atoms with Crippen LogP contribution >= 0.6 is 0 Å². The molecule has 0 radical (unpaired) electrons. The van der Waals surface area contributed by atoms with Crippen LogP contribution in [0.25, 0.3) is 0 Å². The number of nitrogens with zero attached hydrogens (tertiary/aromatic N) is 3. The first kappa shape index (κ1) is 18.8. The zero-order valence-corrected chi connectivity index (χ0v) is 14.2. The van der Waals surface area contributed by atoms with Gasteiger partial charge < -0.3 is 0 Å². The van der Waals surface area contributed by atoms with Gasteiger partial charge in [0, 0.05) is 17.7 Å². The molecule has 0 saturated heterocycles. The smallest absolute Gasteiger partial charge is 0.272 e. The van der Waals surface area contributed by atoms with Crippen molar-refractivity contribution >= 4 is 22.8 Å². The molecule has 1 N–H and O–H groups in total. The number of hydrogen-bond acceptors (Lipinski definition) is 6. The topological polar surface area (TPSA) is 111 Å². The van der Waals surface area contributed by atoms with Crippen LogP contribution in [0.2, 0.25) is 0 Å². The van der Waals surface area contributed by atoms with E-state index >= 15 is 0 Å². The highest BCUT2D eigenvalue weighted by Gasteiger charge is 2.19. The summed E-state index contributed by atoms with van der Waals surface area (Å²) in [5.41, 5.74) is 3.78. The Bertz CT molecular complexity index is 850. The molecule has 0 aliphatic heterocycles. The quantitative estimate of drug-likeness (QED) is 0.321. The summed E-state index contributed by atoms with van der Waals surface area (Å²) >= 11 is 0. The van der Waals surface area contributed by atoms with Crippen molar-refractivity contribution in [3.63, 3.8) is 0 Å². The zero-order chi connectivity index (χ0) is 19.1. The predicted molar refractivity (Wildman–Crippen MR) is 100 cm³/mol. The minimum atomic E-state index is -0.684. The summed E-state index contributed by atoms with van der Waals surface area (Å²) in [4.78, 5) is 20.5. The molecule has 8 nitrogen and oxygen atoms in total. The lowest BCUT2D eigenvalue weighted by Gasteiger charge is -2.12. The summed E-state index contributed by atoms with van der Waals surface area (Å²) in [7, 11) is 0. The standard InChI is InChI=1S/C18H18N4O4/c1-3-14(15-7-5-4-6-8-15)11-13(2)19-20-17-10-9-16(21(23)24)12-18(17)22(25)26/h3-10,12,14,20H,1,11H2,2H3/b19-13-/t14-/m1/s1. The summed E-state index contributed by atoms with van der Waals surface area (Å²) < 4.78 is 0. The molecule has 0 heterocycles. The first-order chi connectivity index (χ1) is 12.4. The van der Waals surface area contributed by atoms with Crippen LogP contribution in [0.3, 0.4) is 0 Å². The molecular weight excluding hydrogens is 336 g/mol. The number of allylic oxidation sites excluding steroid dienone is 1. The van der Waals surface area contributed by atoms with E-state index in [-0.39, 0.29) is 17.3 Å². The van der Waals surface area contributed by atoms with Crippen molar-refractivity contribution in [2.24, 2.45) is 5.10 Å². The molecule has 0 bridgehead atoms. The van der Waals surface area contributed by atoms with Gasteiger partial charge in [-0.25, -0.2) is 0 Å². The highest BCUT2D eigenvalue weighted by molar-refractivity contribution is 5.84. The molecule has 0 aromatic heterocycles. The van der Waals surface area contributed by atoms with Crippen molar-refractivity contribution in [1.82, 2.24) is 0 Å². The Balaban J connectivity index is 2.16. The van der Waals surface area contributed by atoms with E-state index in [4.69, 9.17) is 0 Å². The van der Waals surface area contributed by atoms with Gasteiger partial charge in [-0.3, -0.25) is 25.7 Å². The molecule has 0 saturated carbocycles. The Kier molecular flexibility index (Phi) is 6.15. The van der Waals surface area contributed by atoms with Gasteiger partial charge in [-0.2, -0.15) is 5.10 Å². The zero-order valence-electron chi connectivity index (χ0n) is 14.2. The summed E-state index contributed by atoms with van der Waals surface area (Å²) in [6, 6.07) is 13.2. The van der Waals surface area contributed by atoms with Gasteiger partial charge in [-0.05, 0) is 25.0 Å². The fourth-order valence-electron chi connectivity index (χ4n) is 2.44. The number of nitrogens with one attached hydrogen (secondary N) is 1. The Hall–Kier alpha value is -3.55. The SMILES string of the molecule is C=C[C@H](C/C(C)=N\Nc1ccc([N+](=O)[O-])cc1[N+](=O)[O-])c1ccccc1. The highest BCUT2D eigenvalue weighted by atomic mass is 16.6. The number of non-ortho nitro benzene ring substituents is 1. The van der Waals surface area contributed by atoms with Crippen LogP contribution in [0.5, 0.6) is 0 Å². The molecule has 26 heavy (non-hydrogen) atoms. The van der Waals surface area contributed by atoms with E-state index in [2.05, 4.69) is 17.1 Å². The van der Waals surface area contributed by atoms with Crippen molar-refractivity contribution < 1.29 is 9.85 Å². The van der Waals surface area contributed by atoms with E-state index in [1.807, 2.05) is 36.4 Å². The van der Waals surface area contributed by atoms with Gasteiger partial charge in [0.25, 0.3) is 5.69 Å². The Morgan fingerprint density at radius 3 is 2.46 bits per heavy atom. The largest absolute Gasteiger partial charge is 0.301 e. The monoisotopic (exact) mass is 354 g/mol. The van der Waals surface area contributed by atoms with E-state index in [0.29, 0.717) is 12.1 Å². The third-order valence-electron chi connectivity index (χ3n) is 3.78. The molecule has 0 aliphatic carbocycles. The molecule has 0 spiro atoms. The third kappa shape index (κ3) is 4.73. The lowest BCUT2D eigenvalue weighted by molar-refractivity contribution is -0.393. The average Bonchev–Trinajstić information content (AvgIpc) is 2.64. The maximum absolute atomic E-state index is 11.1. The first-order valence-electron chi connectivity index (χ1n) is 7.82. The van der Waals surface area contributed by atoms with E-state index in [1.54, 1.807) is 6.92 Å². The molecule has 0 aliphatic rings. The molecule has 2 aromatic rings. The van der Waals surface area contributed by atoms with Crippen LogP contribution < -0.4 is 5.43 Å². The van der Waals surface area contributed by atoms with Crippen molar-refractivity contribution in [3.05, 3.63) is 87.0 Å².